The molecule has 1 aromatic rings. The molecule has 2 rings (SSSR count). The van der Waals surface area contributed by atoms with E-state index in [1.54, 1.807) is 10.4 Å². The fourth-order valence-corrected chi connectivity index (χ4v) is 2.03. The molecule has 0 unspecified atom stereocenters. The molecule has 0 bridgehead atoms. The van der Waals surface area contributed by atoms with Gasteiger partial charge in [0.2, 0.25) is 5.91 Å². The van der Waals surface area contributed by atoms with Gasteiger partial charge in [-0.1, -0.05) is 0 Å². The second kappa shape index (κ2) is 5.74. The summed E-state index contributed by atoms with van der Waals surface area (Å²) < 4.78 is 5.15. The van der Waals surface area contributed by atoms with E-state index in [-0.39, 0.29) is 18.4 Å². The van der Waals surface area contributed by atoms with Crippen LogP contribution in [0.4, 0.5) is 0 Å². The van der Waals surface area contributed by atoms with E-state index in [0.717, 1.165) is 0 Å². The van der Waals surface area contributed by atoms with Gasteiger partial charge in [-0.15, -0.1) is 11.3 Å². The summed E-state index contributed by atoms with van der Waals surface area (Å²) in [6.07, 6.45) is 1.49. The van der Waals surface area contributed by atoms with Gasteiger partial charge in [-0.25, -0.2) is 0 Å². The molecule has 0 aliphatic carbocycles. The minimum Gasteiger partial charge on any atom is -0.378 e. The van der Waals surface area contributed by atoms with E-state index in [1.165, 1.54) is 17.5 Å². The number of thiazole rings is 1. The van der Waals surface area contributed by atoms with E-state index >= 15 is 0 Å². The van der Waals surface area contributed by atoms with Crippen molar-refractivity contribution in [1.82, 2.24) is 15.2 Å². The van der Waals surface area contributed by atoms with Crippen LogP contribution < -0.4 is 5.32 Å². The second-order valence-corrected chi connectivity index (χ2v) is 4.43. The number of aromatic nitrogens is 1. The lowest BCUT2D eigenvalue weighted by Gasteiger charge is -2.26. The lowest BCUT2D eigenvalue weighted by Crippen LogP contribution is -2.45. The monoisotopic (exact) mass is 255 g/mol. The standard InChI is InChI=1S/C10H13N3O3S/c14-9(13-1-3-16-4-2-13)6-12-10(15)8-5-11-7-17-8/h5,7H,1-4,6H2,(H,12,15). The summed E-state index contributed by atoms with van der Waals surface area (Å²) >= 11 is 1.25. The third-order valence-corrected chi connectivity index (χ3v) is 3.19. The molecule has 1 saturated heterocycles. The Morgan fingerprint density at radius 1 is 1.47 bits per heavy atom. The van der Waals surface area contributed by atoms with Gasteiger partial charge in [-0.3, -0.25) is 14.6 Å². The molecule has 0 aromatic carbocycles. The zero-order valence-corrected chi connectivity index (χ0v) is 10.0. The third kappa shape index (κ3) is 3.24. The number of nitrogens with one attached hydrogen (secondary N) is 1. The molecule has 2 heterocycles. The number of rotatable bonds is 3. The van der Waals surface area contributed by atoms with Crippen molar-refractivity contribution in [3.8, 4) is 0 Å². The van der Waals surface area contributed by atoms with Crippen molar-refractivity contribution in [2.24, 2.45) is 0 Å². The van der Waals surface area contributed by atoms with E-state index in [0.29, 0.717) is 31.2 Å². The Kier molecular flexibility index (Phi) is 4.05. The summed E-state index contributed by atoms with van der Waals surface area (Å²) in [5.41, 5.74) is 1.58. The molecule has 17 heavy (non-hydrogen) atoms. The Bertz CT molecular complexity index is 388. The molecule has 1 aliphatic heterocycles. The molecule has 1 N–H and O–H groups in total. The topological polar surface area (TPSA) is 71.5 Å². The highest BCUT2D eigenvalue weighted by Gasteiger charge is 2.17. The van der Waals surface area contributed by atoms with Gasteiger partial charge in [-0.2, -0.15) is 0 Å². The first kappa shape index (κ1) is 12.0. The smallest absolute Gasteiger partial charge is 0.263 e. The average molecular weight is 255 g/mol. The minimum absolute atomic E-state index is 0.0245. The number of morpholine rings is 1. The van der Waals surface area contributed by atoms with Crippen molar-refractivity contribution in [3.63, 3.8) is 0 Å². The molecule has 1 fully saturated rings. The zero-order valence-electron chi connectivity index (χ0n) is 9.22. The zero-order chi connectivity index (χ0) is 12.1. The van der Waals surface area contributed by atoms with Crippen LogP contribution in [-0.2, 0) is 9.53 Å². The predicted molar refractivity (Wildman–Crippen MR) is 61.8 cm³/mol. The first-order chi connectivity index (χ1) is 8.27. The van der Waals surface area contributed by atoms with Gasteiger partial charge in [0.05, 0.1) is 31.5 Å². The van der Waals surface area contributed by atoms with Gasteiger partial charge in [0.25, 0.3) is 5.91 Å². The summed E-state index contributed by atoms with van der Waals surface area (Å²) in [5.74, 6) is -0.333. The number of ether oxygens (including phenoxy) is 1. The lowest BCUT2D eigenvalue weighted by molar-refractivity contribution is -0.134. The van der Waals surface area contributed by atoms with Crippen LogP contribution in [0.5, 0.6) is 0 Å². The predicted octanol–water partition coefficient (Wildman–Crippen LogP) is -0.268. The van der Waals surface area contributed by atoms with Crippen LogP contribution >= 0.6 is 11.3 Å². The van der Waals surface area contributed by atoms with Crippen molar-refractivity contribution in [1.29, 1.82) is 0 Å². The average Bonchev–Trinajstić information content (AvgIpc) is 2.90. The summed E-state index contributed by atoms with van der Waals surface area (Å²) in [4.78, 5) is 29.3. The van der Waals surface area contributed by atoms with E-state index in [1.807, 2.05) is 0 Å². The fraction of sp³-hybridized carbons (Fsp3) is 0.500. The van der Waals surface area contributed by atoms with Crippen LogP contribution in [0.1, 0.15) is 9.67 Å². The first-order valence-corrected chi connectivity index (χ1v) is 6.17. The number of nitrogens with zero attached hydrogens (tertiary/aromatic N) is 2. The van der Waals surface area contributed by atoms with Crippen LogP contribution in [0.25, 0.3) is 0 Å². The number of carbonyl (C=O) groups is 2. The molecule has 1 aliphatic rings. The lowest BCUT2D eigenvalue weighted by atomic mass is 10.4. The van der Waals surface area contributed by atoms with Gasteiger partial charge < -0.3 is 15.0 Å². The number of amides is 2. The van der Waals surface area contributed by atoms with Crippen LogP contribution in [-0.4, -0.2) is 54.5 Å². The van der Waals surface area contributed by atoms with Crippen molar-refractivity contribution in [2.75, 3.05) is 32.8 Å². The molecule has 2 amide bonds. The highest BCUT2D eigenvalue weighted by Crippen LogP contribution is 2.04. The summed E-state index contributed by atoms with van der Waals surface area (Å²) in [6.45, 7) is 2.34. The molecule has 0 spiro atoms. The van der Waals surface area contributed by atoms with E-state index in [4.69, 9.17) is 4.74 Å². The third-order valence-electron chi connectivity index (χ3n) is 2.42. The van der Waals surface area contributed by atoms with E-state index in [2.05, 4.69) is 10.3 Å². The van der Waals surface area contributed by atoms with Gasteiger partial charge in [0.1, 0.15) is 4.88 Å². The highest BCUT2D eigenvalue weighted by molar-refractivity contribution is 7.11. The van der Waals surface area contributed by atoms with E-state index < -0.39 is 0 Å². The van der Waals surface area contributed by atoms with Crippen LogP contribution in [0.15, 0.2) is 11.7 Å². The molecule has 0 radical (unpaired) electrons. The number of hydrogen-bond donors (Lipinski definition) is 1. The summed E-state index contributed by atoms with van der Waals surface area (Å²) in [5, 5.41) is 2.58. The number of hydrogen-bond acceptors (Lipinski definition) is 5. The van der Waals surface area contributed by atoms with Gasteiger partial charge in [-0.05, 0) is 0 Å². The van der Waals surface area contributed by atoms with Gasteiger partial charge in [0, 0.05) is 13.1 Å². The maximum absolute atomic E-state index is 11.7. The molecular formula is C10H13N3O3S. The van der Waals surface area contributed by atoms with Crippen LogP contribution in [0.2, 0.25) is 0 Å². The molecule has 0 saturated carbocycles. The maximum atomic E-state index is 11.7. The molecular weight excluding hydrogens is 242 g/mol. The van der Waals surface area contributed by atoms with Gasteiger partial charge >= 0.3 is 0 Å². The molecule has 6 nitrogen and oxygen atoms in total. The van der Waals surface area contributed by atoms with Crippen molar-refractivity contribution >= 4 is 23.2 Å². The van der Waals surface area contributed by atoms with Crippen molar-refractivity contribution in [3.05, 3.63) is 16.6 Å². The molecule has 0 atom stereocenters. The second-order valence-electron chi connectivity index (χ2n) is 3.54. The van der Waals surface area contributed by atoms with E-state index in [9.17, 15) is 9.59 Å². The molecule has 92 valence electrons. The van der Waals surface area contributed by atoms with Crippen molar-refractivity contribution in [2.45, 2.75) is 0 Å². The first-order valence-electron chi connectivity index (χ1n) is 5.29. The minimum atomic E-state index is -0.255. The van der Waals surface area contributed by atoms with Gasteiger partial charge in [0.15, 0.2) is 0 Å². The Morgan fingerprint density at radius 2 is 2.24 bits per heavy atom. The van der Waals surface area contributed by atoms with Crippen LogP contribution in [0.3, 0.4) is 0 Å². The Balaban J connectivity index is 1.77. The summed E-state index contributed by atoms with van der Waals surface area (Å²) in [6, 6.07) is 0. The molecule has 7 heteroatoms. The number of carbonyl (C=O) groups excluding carboxylic acids is 2. The maximum Gasteiger partial charge on any atom is 0.263 e. The normalized spacial score (nSPS) is 15.6. The highest BCUT2D eigenvalue weighted by atomic mass is 32.1. The van der Waals surface area contributed by atoms with Crippen LogP contribution in [0, 0.1) is 0 Å². The quantitative estimate of drug-likeness (QED) is 0.807. The largest absolute Gasteiger partial charge is 0.378 e. The Hall–Kier alpha value is -1.47. The molecule has 1 aromatic heterocycles. The fourth-order valence-electron chi connectivity index (χ4n) is 1.50. The summed E-state index contributed by atoms with van der Waals surface area (Å²) in [7, 11) is 0. The Labute approximate surface area is 103 Å². The van der Waals surface area contributed by atoms with Crippen molar-refractivity contribution < 1.29 is 14.3 Å². The SMILES string of the molecule is O=C(NCC(=O)N1CCOCC1)c1cncs1. The Morgan fingerprint density at radius 3 is 2.88 bits per heavy atom.